The smallest absolute Gasteiger partial charge is 0.268 e. The van der Waals surface area contributed by atoms with Gasteiger partial charge in [-0.15, -0.1) is 0 Å². The third-order valence-corrected chi connectivity index (χ3v) is 5.85. The number of amides is 1. The summed E-state index contributed by atoms with van der Waals surface area (Å²) in [6.45, 7) is 2.23. The molecule has 4 aromatic rings. The third-order valence-electron chi connectivity index (χ3n) is 5.85. The number of aromatic amines is 1. The Labute approximate surface area is 197 Å². The van der Waals surface area contributed by atoms with Gasteiger partial charge in [0.15, 0.2) is 0 Å². The lowest BCUT2D eigenvalue weighted by Crippen LogP contribution is -2.38. The predicted molar refractivity (Wildman–Crippen MR) is 132 cm³/mol. The molecule has 0 saturated heterocycles. The molecule has 176 valence electrons. The SMILES string of the molecule is C[C@H](N)CC[C@H](N)CNC(=O)c1[nH]c2cc(-c3ccc(F)cc3)ccc2c1-c1ccc(F)cc1. The number of carbonyl (C=O) groups is 1. The molecule has 0 unspecified atom stereocenters. The van der Waals surface area contributed by atoms with E-state index in [9.17, 15) is 13.6 Å². The molecule has 0 aliphatic heterocycles. The number of hydrogen-bond donors (Lipinski definition) is 4. The van der Waals surface area contributed by atoms with Gasteiger partial charge < -0.3 is 21.8 Å². The lowest BCUT2D eigenvalue weighted by atomic mass is 9.99. The highest BCUT2D eigenvalue weighted by Crippen LogP contribution is 2.35. The molecular weight excluding hydrogens is 434 g/mol. The van der Waals surface area contributed by atoms with Crippen molar-refractivity contribution in [2.45, 2.75) is 31.8 Å². The number of carbonyl (C=O) groups excluding carboxylic acids is 1. The normalized spacial score (nSPS) is 13.1. The van der Waals surface area contributed by atoms with Crippen LogP contribution in [0.15, 0.2) is 66.7 Å². The number of benzene rings is 3. The first-order chi connectivity index (χ1) is 16.3. The maximum Gasteiger partial charge on any atom is 0.268 e. The van der Waals surface area contributed by atoms with Gasteiger partial charge in [-0.2, -0.15) is 0 Å². The number of rotatable bonds is 8. The van der Waals surface area contributed by atoms with Gasteiger partial charge in [0, 0.05) is 35.1 Å². The Balaban J connectivity index is 1.70. The van der Waals surface area contributed by atoms with E-state index in [4.69, 9.17) is 11.5 Å². The largest absolute Gasteiger partial charge is 0.350 e. The summed E-state index contributed by atoms with van der Waals surface area (Å²) in [5.41, 5.74) is 16.2. The van der Waals surface area contributed by atoms with Gasteiger partial charge in [-0.3, -0.25) is 4.79 Å². The first-order valence-electron chi connectivity index (χ1n) is 11.3. The first-order valence-corrected chi connectivity index (χ1v) is 11.3. The zero-order chi connectivity index (χ0) is 24.2. The third kappa shape index (κ3) is 5.32. The van der Waals surface area contributed by atoms with Crippen molar-refractivity contribution in [1.29, 1.82) is 0 Å². The van der Waals surface area contributed by atoms with Crippen molar-refractivity contribution in [2.75, 3.05) is 6.54 Å². The van der Waals surface area contributed by atoms with E-state index in [0.29, 0.717) is 29.8 Å². The number of halogens is 2. The minimum absolute atomic E-state index is 0.0517. The average molecular weight is 463 g/mol. The van der Waals surface area contributed by atoms with Crippen LogP contribution in [0, 0.1) is 11.6 Å². The van der Waals surface area contributed by atoms with Crippen molar-refractivity contribution in [2.24, 2.45) is 11.5 Å². The predicted octanol–water partition coefficient (Wildman–Crippen LogP) is 4.96. The van der Waals surface area contributed by atoms with E-state index in [1.54, 1.807) is 24.3 Å². The Morgan fingerprint density at radius 2 is 1.47 bits per heavy atom. The van der Waals surface area contributed by atoms with E-state index in [0.717, 1.165) is 28.5 Å². The molecule has 7 heteroatoms. The second kappa shape index (κ2) is 10.2. The molecule has 2 atom stereocenters. The van der Waals surface area contributed by atoms with Crippen molar-refractivity contribution in [1.82, 2.24) is 10.3 Å². The monoisotopic (exact) mass is 462 g/mol. The Morgan fingerprint density at radius 1 is 0.882 bits per heavy atom. The van der Waals surface area contributed by atoms with E-state index < -0.39 is 0 Å². The molecule has 0 bridgehead atoms. The van der Waals surface area contributed by atoms with Crippen LogP contribution in [0.1, 0.15) is 30.3 Å². The van der Waals surface area contributed by atoms with Gasteiger partial charge in [0.25, 0.3) is 5.91 Å². The fourth-order valence-corrected chi connectivity index (χ4v) is 4.00. The van der Waals surface area contributed by atoms with Gasteiger partial charge in [0.1, 0.15) is 17.3 Å². The highest BCUT2D eigenvalue weighted by molar-refractivity contribution is 6.10. The van der Waals surface area contributed by atoms with Gasteiger partial charge in [-0.25, -0.2) is 8.78 Å². The van der Waals surface area contributed by atoms with Crippen LogP contribution in [0.5, 0.6) is 0 Å². The molecule has 0 radical (unpaired) electrons. The van der Waals surface area contributed by atoms with Crippen LogP contribution in [-0.4, -0.2) is 29.5 Å². The van der Waals surface area contributed by atoms with Crippen LogP contribution in [0.4, 0.5) is 8.78 Å². The van der Waals surface area contributed by atoms with Crippen LogP contribution >= 0.6 is 0 Å². The number of nitrogens with one attached hydrogen (secondary N) is 2. The second-order valence-electron chi connectivity index (χ2n) is 8.67. The summed E-state index contributed by atoms with van der Waals surface area (Å²) < 4.78 is 26.9. The van der Waals surface area contributed by atoms with Crippen molar-refractivity contribution in [3.63, 3.8) is 0 Å². The summed E-state index contributed by atoms with van der Waals surface area (Å²) in [5.74, 6) is -0.954. The number of aromatic nitrogens is 1. The number of hydrogen-bond acceptors (Lipinski definition) is 3. The molecule has 4 rings (SSSR count). The second-order valence-corrected chi connectivity index (χ2v) is 8.67. The van der Waals surface area contributed by atoms with Crippen LogP contribution in [0.25, 0.3) is 33.2 Å². The Morgan fingerprint density at radius 3 is 2.09 bits per heavy atom. The van der Waals surface area contributed by atoms with E-state index in [-0.39, 0.29) is 29.6 Å². The van der Waals surface area contributed by atoms with Crippen molar-refractivity contribution < 1.29 is 13.6 Å². The Hall–Kier alpha value is -3.55. The average Bonchev–Trinajstić information content (AvgIpc) is 3.21. The molecule has 34 heavy (non-hydrogen) atoms. The van der Waals surface area contributed by atoms with Crippen LogP contribution < -0.4 is 16.8 Å². The van der Waals surface area contributed by atoms with Crippen LogP contribution in [0.2, 0.25) is 0 Å². The van der Waals surface area contributed by atoms with E-state index in [1.807, 2.05) is 25.1 Å². The molecule has 0 spiro atoms. The molecule has 3 aromatic carbocycles. The number of H-pyrrole nitrogens is 1. The van der Waals surface area contributed by atoms with Gasteiger partial charge in [0.05, 0.1) is 0 Å². The molecule has 0 saturated carbocycles. The zero-order valence-corrected chi connectivity index (χ0v) is 18.9. The lowest BCUT2D eigenvalue weighted by Gasteiger charge is -2.14. The summed E-state index contributed by atoms with van der Waals surface area (Å²) >= 11 is 0. The first kappa shape index (κ1) is 23.6. The minimum atomic E-state index is -0.353. The molecule has 0 aliphatic carbocycles. The zero-order valence-electron chi connectivity index (χ0n) is 18.9. The fraction of sp³-hybridized carbons (Fsp3) is 0.222. The Bertz CT molecular complexity index is 1280. The summed E-state index contributed by atoms with van der Waals surface area (Å²) in [4.78, 5) is 16.4. The summed E-state index contributed by atoms with van der Waals surface area (Å²) in [7, 11) is 0. The maximum atomic E-state index is 13.6. The highest BCUT2D eigenvalue weighted by atomic mass is 19.1. The molecule has 0 aliphatic rings. The van der Waals surface area contributed by atoms with Crippen molar-refractivity contribution in [3.8, 4) is 22.3 Å². The van der Waals surface area contributed by atoms with Crippen LogP contribution in [-0.2, 0) is 0 Å². The molecule has 0 fully saturated rings. The van der Waals surface area contributed by atoms with E-state index >= 15 is 0 Å². The maximum absolute atomic E-state index is 13.6. The summed E-state index contributed by atoms with van der Waals surface area (Å²) in [5, 5.41) is 3.73. The Kier molecular flexibility index (Phi) is 7.05. The fourth-order valence-electron chi connectivity index (χ4n) is 4.00. The van der Waals surface area contributed by atoms with Gasteiger partial charge in [-0.1, -0.05) is 36.4 Å². The minimum Gasteiger partial charge on any atom is -0.350 e. The molecule has 6 N–H and O–H groups in total. The molecule has 1 heterocycles. The van der Waals surface area contributed by atoms with Crippen LogP contribution in [0.3, 0.4) is 0 Å². The van der Waals surface area contributed by atoms with Gasteiger partial charge >= 0.3 is 0 Å². The van der Waals surface area contributed by atoms with E-state index in [2.05, 4.69) is 10.3 Å². The quantitative estimate of drug-likeness (QED) is 0.298. The molecule has 1 aromatic heterocycles. The standard InChI is InChI=1S/C27H28F2N4O/c1-16(30)2-12-22(31)15-32-27(34)26-25(18-5-10-21(29)11-6-18)23-13-7-19(14-24(23)33-26)17-3-8-20(28)9-4-17/h3-11,13-14,16,22,33H,2,12,15,30-31H2,1H3,(H,32,34)/t16-,22-/m0/s1. The van der Waals surface area contributed by atoms with Crippen molar-refractivity contribution >= 4 is 16.8 Å². The highest BCUT2D eigenvalue weighted by Gasteiger charge is 2.20. The summed E-state index contributed by atoms with van der Waals surface area (Å²) in [6.07, 6.45) is 1.48. The topological polar surface area (TPSA) is 96.9 Å². The van der Waals surface area contributed by atoms with Gasteiger partial charge in [-0.05, 0) is 66.8 Å². The molecule has 5 nitrogen and oxygen atoms in total. The number of fused-ring (bicyclic) bond motifs is 1. The van der Waals surface area contributed by atoms with Gasteiger partial charge in [0.2, 0.25) is 0 Å². The molecular formula is C27H28F2N4O. The summed E-state index contributed by atoms with van der Waals surface area (Å²) in [6, 6.07) is 17.9. The van der Waals surface area contributed by atoms with E-state index in [1.165, 1.54) is 24.3 Å². The molecule has 1 amide bonds. The lowest BCUT2D eigenvalue weighted by molar-refractivity contribution is 0.0947. The van der Waals surface area contributed by atoms with Crippen molar-refractivity contribution in [3.05, 3.63) is 84.1 Å². The number of nitrogens with two attached hydrogens (primary N) is 2.